The minimum absolute atomic E-state index is 0.179. The molecular formula is C18H23N3O5S. The zero-order valence-electron chi connectivity index (χ0n) is 15.2. The summed E-state index contributed by atoms with van der Waals surface area (Å²) in [5.74, 6) is -0.407. The van der Waals surface area contributed by atoms with E-state index in [1.54, 1.807) is 12.1 Å². The number of nitrogens with one attached hydrogen (secondary N) is 1. The first-order valence-electron chi connectivity index (χ1n) is 9.19. The summed E-state index contributed by atoms with van der Waals surface area (Å²) in [4.78, 5) is 26.4. The van der Waals surface area contributed by atoms with Crippen LogP contribution in [-0.4, -0.2) is 62.9 Å². The molecule has 2 amide bonds. The van der Waals surface area contributed by atoms with Gasteiger partial charge in [0.1, 0.15) is 6.04 Å². The van der Waals surface area contributed by atoms with Gasteiger partial charge >= 0.3 is 0 Å². The highest BCUT2D eigenvalue weighted by Gasteiger charge is 2.39. The Labute approximate surface area is 158 Å². The molecule has 146 valence electrons. The van der Waals surface area contributed by atoms with E-state index >= 15 is 0 Å². The van der Waals surface area contributed by atoms with Crippen LogP contribution in [0.2, 0.25) is 0 Å². The largest absolute Gasteiger partial charge is 0.379 e. The molecule has 8 nitrogen and oxygen atoms in total. The number of carbonyl (C=O) groups is 2. The molecule has 3 aliphatic rings. The summed E-state index contributed by atoms with van der Waals surface area (Å²) in [7, 11) is -3.62. The Kier molecular flexibility index (Phi) is 4.69. The molecule has 0 spiro atoms. The van der Waals surface area contributed by atoms with Crippen LogP contribution in [0.3, 0.4) is 0 Å². The number of carbonyl (C=O) groups excluding carboxylic acids is 2. The fourth-order valence-electron chi connectivity index (χ4n) is 3.65. The molecule has 27 heavy (non-hydrogen) atoms. The van der Waals surface area contributed by atoms with Crippen LogP contribution >= 0.6 is 0 Å². The van der Waals surface area contributed by atoms with Crippen LogP contribution < -0.4 is 10.2 Å². The van der Waals surface area contributed by atoms with Crippen LogP contribution in [0.5, 0.6) is 0 Å². The Morgan fingerprint density at radius 3 is 2.52 bits per heavy atom. The molecule has 0 radical (unpaired) electrons. The second-order valence-corrected chi connectivity index (χ2v) is 9.14. The Bertz CT molecular complexity index is 875. The van der Waals surface area contributed by atoms with Gasteiger partial charge in [-0.1, -0.05) is 0 Å². The highest BCUT2D eigenvalue weighted by molar-refractivity contribution is 7.89. The molecule has 4 rings (SSSR count). The number of ether oxygens (including phenoxy) is 1. The lowest BCUT2D eigenvalue weighted by molar-refractivity contribution is -0.125. The van der Waals surface area contributed by atoms with Gasteiger partial charge in [-0.2, -0.15) is 4.31 Å². The quantitative estimate of drug-likeness (QED) is 0.792. The molecular weight excluding hydrogens is 370 g/mol. The van der Waals surface area contributed by atoms with Crippen molar-refractivity contribution in [1.82, 2.24) is 9.62 Å². The standard InChI is InChI=1S/C18H23N3O5S/c1-12(22)21-16-5-4-15(27(24,25)20-6-8-26-9-7-20)10-13(16)11-17(21)18(23)19-14-2-3-14/h4-5,10,14,17H,2-3,6-9,11H2,1H3,(H,19,23)/t17-/m0/s1. The van der Waals surface area contributed by atoms with E-state index in [0.717, 1.165) is 12.8 Å². The summed E-state index contributed by atoms with van der Waals surface area (Å²) in [5, 5.41) is 2.94. The topological polar surface area (TPSA) is 96.0 Å². The molecule has 0 aromatic heterocycles. The van der Waals surface area contributed by atoms with Gasteiger partial charge in [0.25, 0.3) is 0 Å². The average molecular weight is 393 g/mol. The van der Waals surface area contributed by atoms with Gasteiger partial charge in [0.15, 0.2) is 0 Å². The number of amides is 2. The van der Waals surface area contributed by atoms with Crippen LogP contribution in [0.15, 0.2) is 23.1 Å². The molecule has 2 fully saturated rings. The second kappa shape index (κ2) is 6.88. The van der Waals surface area contributed by atoms with Crippen molar-refractivity contribution in [2.24, 2.45) is 0 Å². The maximum atomic E-state index is 12.9. The van der Waals surface area contributed by atoms with E-state index in [1.807, 2.05) is 0 Å². The highest BCUT2D eigenvalue weighted by atomic mass is 32.2. The lowest BCUT2D eigenvalue weighted by Crippen LogP contribution is -2.47. The SMILES string of the molecule is CC(=O)N1c2ccc(S(=O)(=O)N3CCOCC3)cc2C[C@H]1C(=O)NC1CC1. The molecule has 9 heteroatoms. The number of benzene rings is 1. The maximum absolute atomic E-state index is 12.9. The third-order valence-corrected chi connectivity index (χ3v) is 7.10. The molecule has 1 saturated carbocycles. The first-order valence-corrected chi connectivity index (χ1v) is 10.6. The molecule has 0 bridgehead atoms. The fraction of sp³-hybridized carbons (Fsp3) is 0.556. The molecule has 1 atom stereocenters. The lowest BCUT2D eigenvalue weighted by atomic mass is 10.1. The van der Waals surface area contributed by atoms with E-state index < -0.39 is 16.1 Å². The Balaban J connectivity index is 1.62. The fourth-order valence-corrected chi connectivity index (χ4v) is 5.11. The predicted octanol–water partition coefficient (Wildman–Crippen LogP) is 0.264. The zero-order chi connectivity index (χ0) is 19.2. The lowest BCUT2D eigenvalue weighted by Gasteiger charge is -2.26. The molecule has 0 unspecified atom stereocenters. The van der Waals surface area contributed by atoms with Crippen molar-refractivity contribution >= 4 is 27.5 Å². The van der Waals surface area contributed by atoms with Crippen LogP contribution in [0, 0.1) is 0 Å². The first kappa shape index (κ1) is 18.4. The van der Waals surface area contributed by atoms with Gasteiger partial charge in [-0.25, -0.2) is 8.42 Å². The molecule has 1 aliphatic carbocycles. The van der Waals surface area contributed by atoms with Gasteiger partial charge in [-0.3, -0.25) is 14.5 Å². The molecule has 1 aromatic rings. The van der Waals surface area contributed by atoms with Crippen molar-refractivity contribution in [3.8, 4) is 0 Å². The van der Waals surface area contributed by atoms with Crippen molar-refractivity contribution in [2.45, 2.75) is 43.2 Å². The summed E-state index contributed by atoms with van der Waals surface area (Å²) in [6.45, 7) is 2.83. The second-order valence-electron chi connectivity index (χ2n) is 7.20. The van der Waals surface area contributed by atoms with Crippen LogP contribution in [0.4, 0.5) is 5.69 Å². The van der Waals surface area contributed by atoms with Gasteiger partial charge in [0, 0.05) is 38.2 Å². The number of anilines is 1. The van der Waals surface area contributed by atoms with E-state index in [0.29, 0.717) is 44.0 Å². The molecule has 1 saturated heterocycles. The Morgan fingerprint density at radius 2 is 1.89 bits per heavy atom. The van der Waals surface area contributed by atoms with Crippen molar-refractivity contribution < 1.29 is 22.7 Å². The molecule has 1 aromatic carbocycles. The zero-order valence-corrected chi connectivity index (χ0v) is 16.0. The average Bonchev–Trinajstić information content (AvgIpc) is 3.37. The molecule has 2 aliphatic heterocycles. The third-order valence-electron chi connectivity index (χ3n) is 5.21. The first-order chi connectivity index (χ1) is 12.9. The number of nitrogens with zero attached hydrogens (tertiary/aromatic N) is 2. The van der Waals surface area contributed by atoms with Crippen LogP contribution in [-0.2, 0) is 30.8 Å². The van der Waals surface area contributed by atoms with E-state index in [9.17, 15) is 18.0 Å². The minimum atomic E-state index is -3.62. The number of fused-ring (bicyclic) bond motifs is 1. The van der Waals surface area contributed by atoms with Gasteiger partial charge in [0.2, 0.25) is 21.8 Å². The number of sulfonamides is 1. The number of morpholine rings is 1. The summed E-state index contributed by atoms with van der Waals surface area (Å²) in [6, 6.07) is 4.32. The number of rotatable bonds is 4. The van der Waals surface area contributed by atoms with Gasteiger partial charge in [0.05, 0.1) is 18.1 Å². The summed E-state index contributed by atoms with van der Waals surface area (Å²) >= 11 is 0. The highest BCUT2D eigenvalue weighted by Crippen LogP contribution is 2.35. The van der Waals surface area contributed by atoms with Crippen molar-refractivity contribution in [3.05, 3.63) is 23.8 Å². The molecule has 1 N–H and O–H groups in total. The van der Waals surface area contributed by atoms with Crippen molar-refractivity contribution in [1.29, 1.82) is 0 Å². The van der Waals surface area contributed by atoms with Crippen molar-refractivity contribution in [2.75, 3.05) is 31.2 Å². The smallest absolute Gasteiger partial charge is 0.243 e. The van der Waals surface area contributed by atoms with Gasteiger partial charge in [-0.05, 0) is 36.6 Å². The summed E-state index contributed by atoms with van der Waals surface area (Å²) in [5.41, 5.74) is 1.31. The van der Waals surface area contributed by atoms with Gasteiger partial charge in [-0.15, -0.1) is 0 Å². The number of hydrogen-bond acceptors (Lipinski definition) is 5. The van der Waals surface area contributed by atoms with E-state index in [1.165, 1.54) is 22.2 Å². The van der Waals surface area contributed by atoms with E-state index in [-0.39, 0.29) is 22.8 Å². The van der Waals surface area contributed by atoms with Crippen LogP contribution in [0.1, 0.15) is 25.3 Å². The Hall–Kier alpha value is -1.97. The third kappa shape index (κ3) is 3.46. The monoisotopic (exact) mass is 393 g/mol. The van der Waals surface area contributed by atoms with E-state index in [2.05, 4.69) is 5.32 Å². The maximum Gasteiger partial charge on any atom is 0.243 e. The normalized spacial score (nSPS) is 23.1. The van der Waals surface area contributed by atoms with E-state index in [4.69, 9.17) is 4.74 Å². The van der Waals surface area contributed by atoms with Crippen LogP contribution in [0.25, 0.3) is 0 Å². The summed E-state index contributed by atoms with van der Waals surface area (Å²) < 4.78 is 32.4. The number of hydrogen-bond donors (Lipinski definition) is 1. The van der Waals surface area contributed by atoms with Gasteiger partial charge < -0.3 is 10.1 Å². The minimum Gasteiger partial charge on any atom is -0.379 e. The Morgan fingerprint density at radius 1 is 1.19 bits per heavy atom. The summed E-state index contributed by atoms with van der Waals surface area (Å²) in [6.07, 6.45) is 2.25. The van der Waals surface area contributed by atoms with Crippen molar-refractivity contribution in [3.63, 3.8) is 0 Å². The predicted molar refractivity (Wildman–Crippen MR) is 97.8 cm³/mol. The molecule has 2 heterocycles.